The molecule has 1 aliphatic heterocycles. The fraction of sp³-hybridized carbons (Fsp3) is 0.933. The van der Waals surface area contributed by atoms with Gasteiger partial charge in [0.15, 0.2) is 0 Å². The maximum Gasteiger partial charge on any atom is 0.309 e. The van der Waals surface area contributed by atoms with Gasteiger partial charge in [-0.1, -0.05) is 26.7 Å². The molecule has 0 aromatic carbocycles. The van der Waals surface area contributed by atoms with Gasteiger partial charge < -0.3 is 10.0 Å². The lowest BCUT2D eigenvalue weighted by Crippen LogP contribution is -2.48. The molecule has 0 aromatic rings. The van der Waals surface area contributed by atoms with E-state index in [1.165, 1.54) is 19.3 Å². The summed E-state index contributed by atoms with van der Waals surface area (Å²) in [6.07, 6.45) is 7.53. The monoisotopic (exact) mass is 253 g/mol. The van der Waals surface area contributed by atoms with Crippen molar-refractivity contribution in [3.8, 4) is 0 Å². The van der Waals surface area contributed by atoms with Gasteiger partial charge >= 0.3 is 5.97 Å². The van der Waals surface area contributed by atoms with E-state index in [0.29, 0.717) is 0 Å². The molecule has 2 atom stereocenters. The normalized spacial score (nSPS) is 32.6. The molecule has 3 nitrogen and oxygen atoms in total. The number of carboxylic acids is 1. The summed E-state index contributed by atoms with van der Waals surface area (Å²) in [6.45, 7) is 6.42. The first-order valence-electron chi connectivity index (χ1n) is 7.56. The fourth-order valence-corrected chi connectivity index (χ4v) is 4.00. The van der Waals surface area contributed by atoms with Crippen LogP contribution in [-0.4, -0.2) is 35.1 Å². The van der Waals surface area contributed by atoms with Gasteiger partial charge in [-0.25, -0.2) is 0 Å². The Morgan fingerprint density at radius 1 is 1.33 bits per heavy atom. The Morgan fingerprint density at radius 3 is 2.44 bits per heavy atom. The van der Waals surface area contributed by atoms with Crippen LogP contribution in [0.25, 0.3) is 0 Å². The molecule has 2 fully saturated rings. The number of likely N-dealkylation sites (tertiary alicyclic amines) is 1. The van der Waals surface area contributed by atoms with Crippen molar-refractivity contribution in [2.24, 2.45) is 11.3 Å². The molecule has 3 heteroatoms. The lowest BCUT2D eigenvalue weighted by Gasteiger charge is -2.42. The zero-order chi connectivity index (χ0) is 13.2. The van der Waals surface area contributed by atoms with Crippen LogP contribution in [0, 0.1) is 11.3 Å². The van der Waals surface area contributed by atoms with E-state index in [1.54, 1.807) is 0 Å². The zero-order valence-corrected chi connectivity index (χ0v) is 11.8. The molecule has 0 amide bonds. The number of nitrogens with zero attached hydrogens (tertiary/aromatic N) is 1. The van der Waals surface area contributed by atoms with Crippen LogP contribution in [0.1, 0.15) is 58.8 Å². The molecule has 1 aliphatic carbocycles. The van der Waals surface area contributed by atoms with E-state index in [2.05, 4.69) is 18.7 Å². The highest BCUT2D eigenvalue weighted by Gasteiger charge is 2.42. The Morgan fingerprint density at radius 2 is 2.00 bits per heavy atom. The van der Waals surface area contributed by atoms with Gasteiger partial charge in [0, 0.05) is 6.04 Å². The van der Waals surface area contributed by atoms with E-state index in [0.717, 1.165) is 50.7 Å². The van der Waals surface area contributed by atoms with Crippen molar-refractivity contribution < 1.29 is 9.90 Å². The molecule has 2 unspecified atom stereocenters. The number of hydrogen-bond donors (Lipinski definition) is 1. The van der Waals surface area contributed by atoms with E-state index < -0.39 is 11.4 Å². The van der Waals surface area contributed by atoms with Gasteiger partial charge in [-0.3, -0.25) is 4.79 Å². The van der Waals surface area contributed by atoms with Crippen LogP contribution in [0.15, 0.2) is 0 Å². The third-order valence-corrected chi connectivity index (χ3v) is 5.22. The molecule has 1 heterocycles. The Hall–Kier alpha value is -0.570. The summed E-state index contributed by atoms with van der Waals surface area (Å²) >= 11 is 0. The summed E-state index contributed by atoms with van der Waals surface area (Å²) in [7, 11) is 0. The summed E-state index contributed by atoms with van der Waals surface area (Å²) in [6, 6.07) is 0.721. The molecule has 0 aromatic heterocycles. The highest BCUT2D eigenvalue weighted by atomic mass is 16.4. The number of piperidine rings is 1. The Bertz CT molecular complexity index is 295. The number of hydrogen-bond acceptors (Lipinski definition) is 2. The van der Waals surface area contributed by atoms with Gasteiger partial charge in [0.1, 0.15) is 0 Å². The number of rotatable bonds is 4. The largest absolute Gasteiger partial charge is 0.481 e. The molecule has 18 heavy (non-hydrogen) atoms. The first-order chi connectivity index (χ1) is 8.59. The second-order valence-electron chi connectivity index (χ2n) is 6.35. The molecule has 2 aliphatic rings. The number of aliphatic carboxylic acids is 1. The van der Waals surface area contributed by atoms with Gasteiger partial charge in [0.2, 0.25) is 0 Å². The average Bonchev–Trinajstić information content (AvgIpc) is 2.77. The van der Waals surface area contributed by atoms with Crippen LogP contribution < -0.4 is 0 Å². The van der Waals surface area contributed by atoms with E-state index in [-0.39, 0.29) is 0 Å². The minimum atomic E-state index is -0.566. The molecule has 1 N–H and O–H groups in total. The second kappa shape index (κ2) is 5.60. The summed E-state index contributed by atoms with van der Waals surface area (Å²) in [5, 5.41) is 9.50. The van der Waals surface area contributed by atoms with Crippen molar-refractivity contribution >= 4 is 5.97 Å². The van der Waals surface area contributed by atoms with Crippen molar-refractivity contribution in [1.82, 2.24) is 4.90 Å². The van der Waals surface area contributed by atoms with Crippen molar-refractivity contribution in [2.45, 2.75) is 64.8 Å². The van der Waals surface area contributed by atoms with Crippen molar-refractivity contribution in [3.05, 3.63) is 0 Å². The third kappa shape index (κ3) is 2.56. The molecule has 1 saturated carbocycles. The Labute approximate surface area is 111 Å². The first kappa shape index (κ1) is 13.9. The predicted octanol–water partition coefficient (Wildman–Crippen LogP) is 3.14. The molecule has 0 bridgehead atoms. The maximum absolute atomic E-state index is 11.5. The standard InChI is InChI=1S/C15H27NO2/c1-3-7-15(14(17)18)8-10-16(11-9-15)13-6-4-5-12(13)2/h12-13H,3-11H2,1-2H3,(H,17,18). The molecule has 0 radical (unpaired) electrons. The lowest BCUT2D eigenvalue weighted by molar-refractivity contribution is -0.153. The van der Waals surface area contributed by atoms with Crippen molar-refractivity contribution in [3.63, 3.8) is 0 Å². The number of carbonyl (C=O) groups is 1. The summed E-state index contributed by atoms with van der Waals surface area (Å²) in [4.78, 5) is 14.1. The molecule has 0 spiro atoms. The highest BCUT2D eigenvalue weighted by molar-refractivity contribution is 5.74. The topological polar surface area (TPSA) is 40.5 Å². The quantitative estimate of drug-likeness (QED) is 0.836. The molecular formula is C15H27NO2. The average molecular weight is 253 g/mol. The zero-order valence-electron chi connectivity index (χ0n) is 11.8. The van der Waals surface area contributed by atoms with Crippen LogP contribution in [0.4, 0.5) is 0 Å². The van der Waals surface area contributed by atoms with Gasteiger partial charge in [-0.05, 0) is 51.1 Å². The predicted molar refractivity (Wildman–Crippen MR) is 72.6 cm³/mol. The fourth-order valence-electron chi connectivity index (χ4n) is 4.00. The molecular weight excluding hydrogens is 226 g/mol. The lowest BCUT2D eigenvalue weighted by atomic mass is 9.74. The molecule has 1 saturated heterocycles. The first-order valence-corrected chi connectivity index (χ1v) is 7.56. The SMILES string of the molecule is CCCC1(C(=O)O)CCN(C2CCCC2C)CC1. The van der Waals surface area contributed by atoms with Crippen LogP contribution in [0.5, 0.6) is 0 Å². The van der Waals surface area contributed by atoms with Crippen LogP contribution >= 0.6 is 0 Å². The van der Waals surface area contributed by atoms with Crippen LogP contribution in [-0.2, 0) is 4.79 Å². The molecule has 104 valence electrons. The van der Waals surface area contributed by atoms with Crippen molar-refractivity contribution in [2.75, 3.05) is 13.1 Å². The Balaban J connectivity index is 1.95. The maximum atomic E-state index is 11.5. The van der Waals surface area contributed by atoms with E-state index in [1.807, 2.05) is 0 Å². The Kier molecular flexibility index (Phi) is 4.31. The number of carboxylic acid groups (broad SMARTS) is 1. The highest BCUT2D eigenvalue weighted by Crippen LogP contribution is 2.39. The van der Waals surface area contributed by atoms with E-state index in [4.69, 9.17) is 0 Å². The van der Waals surface area contributed by atoms with Crippen LogP contribution in [0.3, 0.4) is 0 Å². The smallest absolute Gasteiger partial charge is 0.309 e. The summed E-state index contributed by atoms with van der Waals surface area (Å²) in [5.74, 6) is 0.233. The van der Waals surface area contributed by atoms with Crippen LogP contribution in [0.2, 0.25) is 0 Å². The summed E-state index contributed by atoms with van der Waals surface area (Å²) in [5.41, 5.74) is -0.424. The van der Waals surface area contributed by atoms with E-state index in [9.17, 15) is 9.90 Å². The minimum Gasteiger partial charge on any atom is -0.481 e. The van der Waals surface area contributed by atoms with Gasteiger partial charge in [-0.15, -0.1) is 0 Å². The second-order valence-corrected chi connectivity index (χ2v) is 6.35. The van der Waals surface area contributed by atoms with E-state index >= 15 is 0 Å². The molecule has 2 rings (SSSR count). The third-order valence-electron chi connectivity index (χ3n) is 5.22. The van der Waals surface area contributed by atoms with Crippen molar-refractivity contribution in [1.29, 1.82) is 0 Å². The van der Waals surface area contributed by atoms with Gasteiger partial charge in [0.25, 0.3) is 0 Å². The van der Waals surface area contributed by atoms with Gasteiger partial charge in [0.05, 0.1) is 5.41 Å². The summed E-state index contributed by atoms with van der Waals surface area (Å²) < 4.78 is 0. The minimum absolute atomic E-state index is 0.424. The van der Waals surface area contributed by atoms with Gasteiger partial charge in [-0.2, -0.15) is 0 Å².